The van der Waals surface area contributed by atoms with Gasteiger partial charge in [0.05, 0.1) is 12.1 Å². The smallest absolute Gasteiger partial charge is 0.269 e. The summed E-state index contributed by atoms with van der Waals surface area (Å²) in [5, 5.41) is 15.7. The molecular weight excluding hydrogens is 258 g/mol. The van der Waals surface area contributed by atoms with E-state index in [1.54, 1.807) is 18.3 Å². The van der Waals surface area contributed by atoms with Gasteiger partial charge < -0.3 is 20.5 Å². The first kappa shape index (κ1) is 14.7. The van der Waals surface area contributed by atoms with Gasteiger partial charge in [0.15, 0.2) is 0 Å². The van der Waals surface area contributed by atoms with Gasteiger partial charge in [-0.1, -0.05) is 0 Å². The Morgan fingerprint density at radius 1 is 1.50 bits per heavy atom. The van der Waals surface area contributed by atoms with Crippen LogP contribution in [0.15, 0.2) is 18.3 Å². The van der Waals surface area contributed by atoms with Crippen LogP contribution in [0.25, 0.3) is 0 Å². The molecule has 0 atom stereocenters. The third-order valence-electron chi connectivity index (χ3n) is 3.49. The quantitative estimate of drug-likeness (QED) is 0.742. The van der Waals surface area contributed by atoms with E-state index in [1.807, 2.05) is 6.92 Å². The Labute approximate surface area is 118 Å². The highest BCUT2D eigenvalue weighted by Crippen LogP contribution is 2.25. The Kier molecular flexibility index (Phi) is 4.92. The maximum Gasteiger partial charge on any atom is 0.269 e. The fraction of sp³-hybridized carbons (Fsp3) is 0.571. The highest BCUT2D eigenvalue weighted by Gasteiger charge is 2.31. The van der Waals surface area contributed by atoms with Crippen molar-refractivity contribution < 1.29 is 14.6 Å². The number of carbonyl (C=O) groups is 1. The fourth-order valence-corrected chi connectivity index (χ4v) is 2.27. The molecule has 0 bridgehead atoms. The molecule has 0 saturated carbocycles. The molecule has 1 saturated heterocycles. The largest absolute Gasteiger partial charge is 0.394 e. The molecular formula is C14H21N3O3. The second kappa shape index (κ2) is 6.67. The predicted molar refractivity (Wildman–Crippen MR) is 75.7 cm³/mol. The molecule has 1 aliphatic rings. The van der Waals surface area contributed by atoms with E-state index in [0.717, 1.165) is 18.5 Å². The number of hydrogen-bond donors (Lipinski definition) is 3. The van der Waals surface area contributed by atoms with E-state index in [9.17, 15) is 9.90 Å². The molecule has 1 aliphatic heterocycles. The molecule has 0 aliphatic carbocycles. The van der Waals surface area contributed by atoms with Gasteiger partial charge in [0.25, 0.3) is 5.91 Å². The number of carbonyl (C=O) groups excluding carboxylic acids is 1. The predicted octanol–water partition coefficient (Wildman–Crippen LogP) is 0.785. The number of pyridine rings is 1. The molecule has 2 rings (SSSR count). The molecule has 0 aromatic carbocycles. The minimum absolute atomic E-state index is 0.0369. The van der Waals surface area contributed by atoms with E-state index < -0.39 is 0 Å². The number of anilines is 1. The maximum atomic E-state index is 11.8. The number of amides is 1. The molecule has 3 N–H and O–H groups in total. The molecule has 1 aromatic heterocycles. The van der Waals surface area contributed by atoms with Crippen LogP contribution in [-0.4, -0.2) is 47.9 Å². The summed E-state index contributed by atoms with van der Waals surface area (Å²) in [6, 6.07) is 3.51. The van der Waals surface area contributed by atoms with E-state index in [-0.39, 0.29) is 18.1 Å². The SMILES string of the molecule is CCNC(=O)c1cc(NC2(CO)CCOCC2)ccn1. The molecule has 6 nitrogen and oxygen atoms in total. The van der Waals surface area contributed by atoms with Crippen LogP contribution >= 0.6 is 0 Å². The molecule has 6 heteroatoms. The molecule has 0 radical (unpaired) electrons. The van der Waals surface area contributed by atoms with Crippen LogP contribution in [0.1, 0.15) is 30.3 Å². The van der Waals surface area contributed by atoms with Crippen LogP contribution in [0.4, 0.5) is 5.69 Å². The van der Waals surface area contributed by atoms with Crippen molar-refractivity contribution in [2.45, 2.75) is 25.3 Å². The van der Waals surface area contributed by atoms with Gasteiger partial charge in [0.1, 0.15) is 5.69 Å². The average Bonchev–Trinajstić information content (AvgIpc) is 2.49. The zero-order chi connectivity index (χ0) is 14.4. The zero-order valence-corrected chi connectivity index (χ0v) is 11.7. The third kappa shape index (κ3) is 3.46. The number of ether oxygens (including phenoxy) is 1. The van der Waals surface area contributed by atoms with Gasteiger partial charge in [-0.3, -0.25) is 9.78 Å². The summed E-state index contributed by atoms with van der Waals surface area (Å²) >= 11 is 0. The summed E-state index contributed by atoms with van der Waals surface area (Å²) in [5.74, 6) is -0.193. The van der Waals surface area contributed by atoms with Gasteiger partial charge in [-0.05, 0) is 31.9 Å². The van der Waals surface area contributed by atoms with Crippen LogP contribution in [0.3, 0.4) is 0 Å². The number of aliphatic hydroxyl groups excluding tert-OH is 1. The Morgan fingerprint density at radius 2 is 2.25 bits per heavy atom. The van der Waals surface area contributed by atoms with Crippen molar-refractivity contribution in [2.24, 2.45) is 0 Å². The van der Waals surface area contributed by atoms with Crippen LogP contribution in [0, 0.1) is 0 Å². The van der Waals surface area contributed by atoms with Gasteiger partial charge >= 0.3 is 0 Å². The monoisotopic (exact) mass is 279 g/mol. The summed E-state index contributed by atoms with van der Waals surface area (Å²) < 4.78 is 5.33. The van der Waals surface area contributed by atoms with Gasteiger partial charge in [-0.25, -0.2) is 0 Å². The summed E-state index contributed by atoms with van der Waals surface area (Å²) in [4.78, 5) is 15.8. The molecule has 1 fully saturated rings. The van der Waals surface area contributed by atoms with Gasteiger partial charge in [0, 0.05) is 31.6 Å². The molecule has 0 unspecified atom stereocenters. The lowest BCUT2D eigenvalue weighted by Crippen LogP contribution is -2.46. The van der Waals surface area contributed by atoms with Crippen molar-refractivity contribution in [3.8, 4) is 0 Å². The van der Waals surface area contributed by atoms with E-state index in [0.29, 0.717) is 25.5 Å². The average molecular weight is 279 g/mol. The zero-order valence-electron chi connectivity index (χ0n) is 11.7. The van der Waals surface area contributed by atoms with E-state index in [4.69, 9.17) is 4.74 Å². The van der Waals surface area contributed by atoms with Crippen LogP contribution < -0.4 is 10.6 Å². The molecule has 0 spiro atoms. The van der Waals surface area contributed by atoms with Crippen molar-refractivity contribution >= 4 is 11.6 Å². The van der Waals surface area contributed by atoms with Gasteiger partial charge in [-0.15, -0.1) is 0 Å². The van der Waals surface area contributed by atoms with E-state index >= 15 is 0 Å². The van der Waals surface area contributed by atoms with Crippen molar-refractivity contribution in [3.05, 3.63) is 24.0 Å². The number of rotatable bonds is 5. The normalized spacial score (nSPS) is 17.5. The molecule has 20 heavy (non-hydrogen) atoms. The van der Waals surface area contributed by atoms with E-state index in [1.165, 1.54) is 0 Å². The van der Waals surface area contributed by atoms with E-state index in [2.05, 4.69) is 15.6 Å². The Hall–Kier alpha value is -1.66. The first-order valence-corrected chi connectivity index (χ1v) is 6.90. The van der Waals surface area contributed by atoms with Crippen molar-refractivity contribution in [3.63, 3.8) is 0 Å². The number of nitrogens with zero attached hydrogens (tertiary/aromatic N) is 1. The van der Waals surface area contributed by atoms with Gasteiger partial charge in [-0.2, -0.15) is 0 Å². The topological polar surface area (TPSA) is 83.5 Å². The maximum absolute atomic E-state index is 11.8. The van der Waals surface area contributed by atoms with Crippen LogP contribution in [-0.2, 0) is 4.74 Å². The van der Waals surface area contributed by atoms with Crippen molar-refractivity contribution in [1.29, 1.82) is 0 Å². The number of nitrogens with one attached hydrogen (secondary N) is 2. The lowest BCUT2D eigenvalue weighted by atomic mass is 9.90. The lowest BCUT2D eigenvalue weighted by Gasteiger charge is -2.37. The molecule has 110 valence electrons. The lowest BCUT2D eigenvalue weighted by molar-refractivity contribution is 0.0380. The first-order valence-electron chi connectivity index (χ1n) is 6.90. The standard InChI is InChI=1S/C14H21N3O3/c1-2-15-13(19)12-9-11(3-6-16-12)17-14(10-18)4-7-20-8-5-14/h3,6,9,18H,2,4-5,7-8,10H2,1H3,(H,15,19)(H,16,17). The van der Waals surface area contributed by atoms with Crippen LogP contribution in [0.2, 0.25) is 0 Å². The van der Waals surface area contributed by atoms with Crippen molar-refractivity contribution in [2.75, 3.05) is 31.7 Å². The summed E-state index contributed by atoms with van der Waals surface area (Å²) in [7, 11) is 0. The number of aliphatic hydroxyl groups is 1. The Bertz CT molecular complexity index is 459. The second-order valence-corrected chi connectivity index (χ2v) is 4.97. The van der Waals surface area contributed by atoms with Gasteiger partial charge in [0.2, 0.25) is 0 Å². The highest BCUT2D eigenvalue weighted by molar-refractivity contribution is 5.93. The molecule has 1 amide bonds. The number of aromatic nitrogens is 1. The summed E-state index contributed by atoms with van der Waals surface area (Å²) in [6.45, 7) is 3.72. The summed E-state index contributed by atoms with van der Waals surface area (Å²) in [6.07, 6.45) is 3.07. The first-order chi connectivity index (χ1) is 9.69. The summed E-state index contributed by atoms with van der Waals surface area (Å²) in [5.41, 5.74) is 0.784. The number of hydrogen-bond acceptors (Lipinski definition) is 5. The second-order valence-electron chi connectivity index (χ2n) is 4.97. The molecule has 2 heterocycles. The fourth-order valence-electron chi connectivity index (χ4n) is 2.27. The Morgan fingerprint density at radius 3 is 2.90 bits per heavy atom. The minimum Gasteiger partial charge on any atom is -0.394 e. The molecule has 1 aromatic rings. The highest BCUT2D eigenvalue weighted by atomic mass is 16.5. The van der Waals surface area contributed by atoms with Crippen molar-refractivity contribution in [1.82, 2.24) is 10.3 Å². The minimum atomic E-state index is -0.377. The third-order valence-corrected chi connectivity index (χ3v) is 3.49. The Balaban J connectivity index is 2.12. The van der Waals surface area contributed by atoms with Crippen LogP contribution in [0.5, 0.6) is 0 Å².